The second-order valence-corrected chi connectivity index (χ2v) is 6.38. The van der Waals surface area contributed by atoms with Crippen LogP contribution in [-0.2, 0) is 39.9 Å². The summed E-state index contributed by atoms with van der Waals surface area (Å²) >= 11 is 0. The monoisotopic (exact) mass is 379 g/mol. The fourth-order valence-corrected chi connectivity index (χ4v) is 2.97. The summed E-state index contributed by atoms with van der Waals surface area (Å²) in [5.74, 6) is -1.47. The standard InChI is InChI=1S/C19H25NO7/c1-11-17(26-13(3)22)18(27-14(4)23)16(20-12(2)21)19(25-11)24-10-15-8-6-5-7-9-15/h5-9,11,16-19H,10H2,1-4H3,(H,20,21)/t11-,16-,17+,18-,19+/m1/s1. The normalized spacial score (nSPS) is 27.5. The average Bonchev–Trinajstić information content (AvgIpc) is 2.59. The second-order valence-electron chi connectivity index (χ2n) is 6.38. The Bertz CT molecular complexity index is 663. The molecule has 0 bridgehead atoms. The summed E-state index contributed by atoms with van der Waals surface area (Å²) in [5, 5.41) is 2.69. The lowest BCUT2D eigenvalue weighted by Gasteiger charge is -2.44. The van der Waals surface area contributed by atoms with Crippen molar-refractivity contribution in [3.05, 3.63) is 35.9 Å². The summed E-state index contributed by atoms with van der Waals surface area (Å²) in [6, 6.07) is 8.61. The van der Waals surface area contributed by atoms with Crippen molar-refractivity contribution in [2.24, 2.45) is 0 Å². The third kappa shape index (κ3) is 6.04. The molecule has 27 heavy (non-hydrogen) atoms. The van der Waals surface area contributed by atoms with Crippen LogP contribution in [-0.4, -0.2) is 48.5 Å². The van der Waals surface area contributed by atoms with Gasteiger partial charge in [0.15, 0.2) is 18.5 Å². The van der Waals surface area contributed by atoms with Gasteiger partial charge in [-0.15, -0.1) is 0 Å². The van der Waals surface area contributed by atoms with Gasteiger partial charge in [-0.25, -0.2) is 0 Å². The predicted molar refractivity (Wildman–Crippen MR) is 94.3 cm³/mol. The second kappa shape index (κ2) is 9.48. The van der Waals surface area contributed by atoms with E-state index in [1.807, 2.05) is 30.3 Å². The predicted octanol–water partition coefficient (Wildman–Crippen LogP) is 1.32. The smallest absolute Gasteiger partial charge is 0.303 e. The van der Waals surface area contributed by atoms with Crippen molar-refractivity contribution in [2.45, 2.75) is 64.9 Å². The van der Waals surface area contributed by atoms with Crippen LogP contribution in [0, 0.1) is 0 Å². The molecule has 2 rings (SSSR count). The van der Waals surface area contributed by atoms with E-state index in [1.54, 1.807) is 6.92 Å². The third-order valence-electron chi connectivity index (χ3n) is 4.01. The molecule has 1 amide bonds. The van der Waals surface area contributed by atoms with Crippen molar-refractivity contribution in [3.8, 4) is 0 Å². The molecule has 1 heterocycles. The van der Waals surface area contributed by atoms with Crippen LogP contribution >= 0.6 is 0 Å². The fraction of sp³-hybridized carbons (Fsp3) is 0.526. The van der Waals surface area contributed by atoms with Crippen molar-refractivity contribution >= 4 is 17.8 Å². The van der Waals surface area contributed by atoms with Gasteiger partial charge in [-0.3, -0.25) is 14.4 Å². The van der Waals surface area contributed by atoms with E-state index < -0.39 is 42.6 Å². The molecule has 0 aliphatic carbocycles. The molecule has 0 saturated carbocycles. The zero-order chi connectivity index (χ0) is 20.0. The van der Waals surface area contributed by atoms with Crippen molar-refractivity contribution in [2.75, 3.05) is 0 Å². The Kier molecular flexibility index (Phi) is 7.32. The maximum absolute atomic E-state index is 11.7. The number of hydrogen-bond acceptors (Lipinski definition) is 7. The molecule has 0 spiro atoms. The van der Waals surface area contributed by atoms with Gasteiger partial charge in [0, 0.05) is 20.8 Å². The Morgan fingerprint density at radius 3 is 2.15 bits per heavy atom. The Balaban J connectivity index is 2.24. The van der Waals surface area contributed by atoms with Gasteiger partial charge in [-0.05, 0) is 12.5 Å². The number of amides is 1. The van der Waals surface area contributed by atoms with E-state index in [-0.39, 0.29) is 12.5 Å². The van der Waals surface area contributed by atoms with E-state index in [4.69, 9.17) is 18.9 Å². The van der Waals surface area contributed by atoms with E-state index in [1.165, 1.54) is 20.8 Å². The van der Waals surface area contributed by atoms with Crippen molar-refractivity contribution in [3.63, 3.8) is 0 Å². The Morgan fingerprint density at radius 2 is 1.59 bits per heavy atom. The zero-order valence-corrected chi connectivity index (χ0v) is 15.8. The number of carbonyl (C=O) groups excluding carboxylic acids is 3. The van der Waals surface area contributed by atoms with E-state index in [9.17, 15) is 14.4 Å². The number of hydrogen-bond donors (Lipinski definition) is 1. The maximum atomic E-state index is 11.7. The van der Waals surface area contributed by atoms with Gasteiger partial charge in [0.1, 0.15) is 6.04 Å². The lowest BCUT2D eigenvalue weighted by Crippen LogP contribution is -2.65. The quantitative estimate of drug-likeness (QED) is 0.744. The van der Waals surface area contributed by atoms with Crippen LogP contribution in [0.5, 0.6) is 0 Å². The minimum atomic E-state index is -0.945. The molecule has 1 aliphatic heterocycles. The van der Waals surface area contributed by atoms with E-state index in [0.29, 0.717) is 0 Å². The molecule has 1 N–H and O–H groups in total. The van der Waals surface area contributed by atoms with E-state index >= 15 is 0 Å². The summed E-state index contributed by atoms with van der Waals surface area (Å²) in [6.45, 7) is 5.75. The molecule has 1 aliphatic rings. The highest BCUT2D eigenvalue weighted by Crippen LogP contribution is 2.27. The minimum absolute atomic E-state index is 0.235. The van der Waals surface area contributed by atoms with E-state index in [0.717, 1.165) is 5.56 Å². The number of rotatable bonds is 6. The average molecular weight is 379 g/mol. The van der Waals surface area contributed by atoms with E-state index in [2.05, 4.69) is 5.32 Å². The Hall–Kier alpha value is -2.45. The molecule has 0 unspecified atom stereocenters. The fourth-order valence-electron chi connectivity index (χ4n) is 2.97. The van der Waals surface area contributed by atoms with Crippen molar-refractivity contribution < 1.29 is 33.3 Å². The number of ether oxygens (including phenoxy) is 4. The Morgan fingerprint density at radius 1 is 1.00 bits per heavy atom. The highest BCUT2D eigenvalue weighted by molar-refractivity contribution is 5.73. The molecular formula is C19H25NO7. The summed E-state index contributed by atoms with van der Waals surface area (Å²) < 4.78 is 22.4. The largest absolute Gasteiger partial charge is 0.456 e. The first-order chi connectivity index (χ1) is 12.8. The van der Waals surface area contributed by atoms with Gasteiger partial charge in [0.2, 0.25) is 5.91 Å². The number of benzene rings is 1. The van der Waals surface area contributed by atoms with Crippen LogP contribution in [0.3, 0.4) is 0 Å². The van der Waals surface area contributed by atoms with Crippen molar-refractivity contribution in [1.82, 2.24) is 5.32 Å². The SMILES string of the molecule is CC(=O)N[C@H]1[C@@H](OCc2ccccc2)O[C@H](C)[C@H](OC(C)=O)[C@@H]1OC(C)=O. The topological polar surface area (TPSA) is 100 Å². The molecule has 5 atom stereocenters. The lowest BCUT2D eigenvalue weighted by atomic mass is 9.96. The maximum Gasteiger partial charge on any atom is 0.303 e. The zero-order valence-electron chi connectivity index (χ0n) is 15.8. The van der Waals surface area contributed by atoms with Gasteiger partial charge in [0.05, 0.1) is 12.7 Å². The van der Waals surface area contributed by atoms with Crippen LogP contribution in [0.15, 0.2) is 30.3 Å². The Labute approximate surface area is 158 Å². The first kappa shape index (κ1) is 20.9. The molecule has 1 aromatic carbocycles. The first-order valence-electron chi connectivity index (χ1n) is 8.70. The van der Waals surface area contributed by atoms with Gasteiger partial charge < -0.3 is 24.3 Å². The van der Waals surface area contributed by atoms with Crippen LogP contribution in [0.2, 0.25) is 0 Å². The third-order valence-corrected chi connectivity index (χ3v) is 4.01. The van der Waals surface area contributed by atoms with Gasteiger partial charge >= 0.3 is 11.9 Å². The number of esters is 2. The summed E-state index contributed by atoms with van der Waals surface area (Å²) in [6.07, 6.45) is -3.32. The molecule has 1 aromatic rings. The number of nitrogens with one attached hydrogen (secondary N) is 1. The molecule has 8 heteroatoms. The molecule has 0 radical (unpaired) electrons. The molecule has 1 saturated heterocycles. The molecule has 1 fully saturated rings. The van der Waals surface area contributed by atoms with Gasteiger partial charge in [0.25, 0.3) is 0 Å². The highest BCUT2D eigenvalue weighted by atomic mass is 16.7. The molecular weight excluding hydrogens is 354 g/mol. The molecule has 0 aromatic heterocycles. The van der Waals surface area contributed by atoms with Gasteiger partial charge in [-0.1, -0.05) is 30.3 Å². The lowest BCUT2D eigenvalue weighted by molar-refractivity contribution is -0.271. The molecule has 148 valence electrons. The highest BCUT2D eigenvalue weighted by Gasteiger charge is 2.49. The minimum Gasteiger partial charge on any atom is -0.456 e. The van der Waals surface area contributed by atoms with Crippen LogP contribution in [0.25, 0.3) is 0 Å². The van der Waals surface area contributed by atoms with Crippen LogP contribution < -0.4 is 5.32 Å². The summed E-state index contributed by atoms with van der Waals surface area (Å²) in [7, 11) is 0. The van der Waals surface area contributed by atoms with Crippen LogP contribution in [0.1, 0.15) is 33.3 Å². The summed E-state index contributed by atoms with van der Waals surface area (Å²) in [5.41, 5.74) is 0.918. The van der Waals surface area contributed by atoms with Gasteiger partial charge in [-0.2, -0.15) is 0 Å². The first-order valence-corrected chi connectivity index (χ1v) is 8.70. The molecule has 8 nitrogen and oxygen atoms in total. The van der Waals surface area contributed by atoms with Crippen LogP contribution in [0.4, 0.5) is 0 Å². The summed E-state index contributed by atoms with van der Waals surface area (Å²) in [4.78, 5) is 34.8. The van der Waals surface area contributed by atoms with Crippen molar-refractivity contribution in [1.29, 1.82) is 0 Å². The number of carbonyl (C=O) groups is 3.